The van der Waals surface area contributed by atoms with Gasteiger partial charge in [0.15, 0.2) is 0 Å². The van der Waals surface area contributed by atoms with Crippen LogP contribution in [-0.4, -0.2) is 47.7 Å². The van der Waals surface area contributed by atoms with Gasteiger partial charge in [-0.05, 0) is 37.0 Å². The fourth-order valence-electron chi connectivity index (χ4n) is 4.33. The lowest BCUT2D eigenvalue weighted by molar-refractivity contribution is -0.141. The minimum absolute atomic E-state index is 0.0503. The van der Waals surface area contributed by atoms with Crippen LogP contribution in [-0.2, 0) is 14.3 Å². The molecule has 1 amide bonds. The van der Waals surface area contributed by atoms with E-state index in [4.69, 9.17) is 0 Å². The van der Waals surface area contributed by atoms with Gasteiger partial charge in [-0.1, -0.05) is 0 Å². The lowest BCUT2D eigenvalue weighted by Crippen LogP contribution is -2.43. The predicted octanol–water partition coefficient (Wildman–Crippen LogP) is 0.557. The molecule has 3 aliphatic rings. The number of carbonyl (C=O) groups is 2. The normalized spacial score (nSPS) is 38.8. The highest BCUT2D eigenvalue weighted by atomic mass is 16.5. The molecule has 0 radical (unpaired) electrons. The summed E-state index contributed by atoms with van der Waals surface area (Å²) in [6.07, 6.45) is 3.04. The number of fused-ring (bicyclic) bond motifs is 1. The molecule has 106 valence electrons. The van der Waals surface area contributed by atoms with Gasteiger partial charge < -0.3 is 14.7 Å². The second kappa shape index (κ2) is 4.78. The molecule has 5 heteroatoms. The summed E-state index contributed by atoms with van der Waals surface area (Å²) >= 11 is 0. The molecule has 0 spiro atoms. The maximum absolute atomic E-state index is 12.2. The Morgan fingerprint density at radius 1 is 1.26 bits per heavy atom. The van der Waals surface area contributed by atoms with Crippen molar-refractivity contribution in [2.45, 2.75) is 44.2 Å². The number of methoxy groups -OCH3 is 1. The van der Waals surface area contributed by atoms with Crippen LogP contribution in [0.15, 0.2) is 0 Å². The first-order valence-corrected chi connectivity index (χ1v) is 7.16. The highest BCUT2D eigenvalue weighted by molar-refractivity contribution is 5.78. The van der Waals surface area contributed by atoms with Crippen molar-refractivity contribution in [3.05, 3.63) is 0 Å². The largest absolute Gasteiger partial charge is 0.469 e. The van der Waals surface area contributed by atoms with Crippen LogP contribution in [0.25, 0.3) is 0 Å². The van der Waals surface area contributed by atoms with Crippen molar-refractivity contribution in [2.75, 3.05) is 13.7 Å². The SMILES string of the molecule is COC(=O)CCCC(=O)N1C[C@@H]2C[C@H]3C[C@H]2[C@H]1[C@H]3O. The average molecular weight is 267 g/mol. The van der Waals surface area contributed by atoms with Crippen molar-refractivity contribution in [3.63, 3.8) is 0 Å². The Morgan fingerprint density at radius 2 is 2.05 bits per heavy atom. The summed E-state index contributed by atoms with van der Waals surface area (Å²) < 4.78 is 4.56. The van der Waals surface area contributed by atoms with E-state index in [2.05, 4.69) is 4.74 Å². The van der Waals surface area contributed by atoms with E-state index in [1.165, 1.54) is 7.11 Å². The van der Waals surface area contributed by atoms with Crippen molar-refractivity contribution in [1.82, 2.24) is 4.90 Å². The summed E-state index contributed by atoms with van der Waals surface area (Å²) in [4.78, 5) is 25.1. The zero-order valence-electron chi connectivity index (χ0n) is 11.2. The molecule has 2 bridgehead atoms. The van der Waals surface area contributed by atoms with Gasteiger partial charge in [0.1, 0.15) is 0 Å². The molecule has 1 saturated heterocycles. The third kappa shape index (κ3) is 2.04. The number of aliphatic hydroxyl groups is 1. The van der Waals surface area contributed by atoms with E-state index in [1.54, 1.807) is 0 Å². The highest BCUT2D eigenvalue weighted by Gasteiger charge is 2.59. The Hall–Kier alpha value is -1.10. The highest BCUT2D eigenvalue weighted by Crippen LogP contribution is 2.54. The number of hydrogen-bond donors (Lipinski definition) is 1. The molecule has 1 N–H and O–H groups in total. The summed E-state index contributed by atoms with van der Waals surface area (Å²) in [6, 6.07) is 0.0503. The van der Waals surface area contributed by atoms with Gasteiger partial charge in [0.2, 0.25) is 5.91 Å². The molecule has 0 aromatic heterocycles. The summed E-state index contributed by atoms with van der Waals surface area (Å²) in [7, 11) is 1.36. The van der Waals surface area contributed by atoms with Crippen LogP contribution >= 0.6 is 0 Å². The van der Waals surface area contributed by atoms with E-state index in [1.807, 2.05) is 4.90 Å². The van der Waals surface area contributed by atoms with Gasteiger partial charge in [-0.25, -0.2) is 0 Å². The molecular formula is C14H21NO4. The second-order valence-corrected chi connectivity index (χ2v) is 6.11. The molecule has 2 saturated carbocycles. The molecule has 5 nitrogen and oxygen atoms in total. The summed E-state index contributed by atoms with van der Waals surface area (Å²) in [5.41, 5.74) is 0. The van der Waals surface area contributed by atoms with E-state index in [9.17, 15) is 14.7 Å². The van der Waals surface area contributed by atoms with E-state index >= 15 is 0 Å². The third-order valence-electron chi connectivity index (χ3n) is 5.17. The number of amides is 1. The number of hydrogen-bond acceptors (Lipinski definition) is 4. The summed E-state index contributed by atoms with van der Waals surface area (Å²) in [6.45, 7) is 0.806. The molecule has 2 aliphatic carbocycles. The van der Waals surface area contributed by atoms with Gasteiger partial charge in [-0.3, -0.25) is 9.59 Å². The molecule has 1 heterocycles. The Bertz CT molecular complexity index is 395. The van der Waals surface area contributed by atoms with Gasteiger partial charge in [-0.2, -0.15) is 0 Å². The number of rotatable bonds is 4. The summed E-state index contributed by atoms with van der Waals surface area (Å²) in [5.74, 6) is 1.35. The van der Waals surface area contributed by atoms with Crippen LogP contribution in [0.5, 0.6) is 0 Å². The molecule has 0 aromatic rings. The lowest BCUT2D eigenvalue weighted by atomic mass is 9.88. The first kappa shape index (κ1) is 12.9. The standard InChI is InChI=1S/C14H21NO4/c1-19-12(17)4-2-3-11(16)15-7-9-5-8-6-10(9)13(15)14(8)18/h8-10,13-14,18H,2-7H2,1H3/t8-,9-,10+,13-,14-/m0/s1. The number of likely N-dealkylation sites (tertiary alicyclic amines) is 1. The van der Waals surface area contributed by atoms with Gasteiger partial charge in [0.25, 0.3) is 0 Å². The summed E-state index contributed by atoms with van der Waals surface area (Å²) in [5, 5.41) is 10.2. The molecule has 0 unspecified atom stereocenters. The Morgan fingerprint density at radius 3 is 2.74 bits per heavy atom. The smallest absolute Gasteiger partial charge is 0.305 e. The van der Waals surface area contributed by atoms with Crippen molar-refractivity contribution in [1.29, 1.82) is 0 Å². The van der Waals surface area contributed by atoms with Gasteiger partial charge in [0.05, 0.1) is 19.3 Å². The van der Waals surface area contributed by atoms with Crippen LogP contribution < -0.4 is 0 Å². The molecule has 0 aromatic carbocycles. The van der Waals surface area contributed by atoms with Crippen molar-refractivity contribution < 1.29 is 19.4 Å². The predicted molar refractivity (Wildman–Crippen MR) is 67.1 cm³/mol. The molecular weight excluding hydrogens is 246 g/mol. The minimum atomic E-state index is -0.326. The molecule has 3 fully saturated rings. The number of ether oxygens (including phenoxy) is 1. The molecule has 3 rings (SSSR count). The Labute approximate surface area is 112 Å². The first-order valence-electron chi connectivity index (χ1n) is 7.16. The van der Waals surface area contributed by atoms with Crippen molar-refractivity contribution in [2.24, 2.45) is 17.8 Å². The molecule has 19 heavy (non-hydrogen) atoms. The van der Waals surface area contributed by atoms with Crippen LogP contribution in [0.4, 0.5) is 0 Å². The van der Waals surface area contributed by atoms with Crippen molar-refractivity contribution >= 4 is 11.9 Å². The fraction of sp³-hybridized carbons (Fsp3) is 0.857. The number of nitrogens with zero attached hydrogens (tertiary/aromatic N) is 1. The Kier molecular flexibility index (Phi) is 3.25. The van der Waals surface area contributed by atoms with Gasteiger partial charge >= 0.3 is 5.97 Å². The zero-order chi connectivity index (χ0) is 13.6. The topological polar surface area (TPSA) is 66.8 Å². The quantitative estimate of drug-likeness (QED) is 0.756. The van der Waals surface area contributed by atoms with Gasteiger partial charge in [-0.15, -0.1) is 0 Å². The van der Waals surface area contributed by atoms with Gasteiger partial charge in [0, 0.05) is 19.4 Å². The van der Waals surface area contributed by atoms with Crippen LogP contribution in [0.1, 0.15) is 32.1 Å². The zero-order valence-corrected chi connectivity index (χ0v) is 11.2. The van der Waals surface area contributed by atoms with E-state index in [0.29, 0.717) is 37.0 Å². The first-order chi connectivity index (χ1) is 9.11. The lowest BCUT2D eigenvalue weighted by Gasteiger charge is -2.28. The van der Waals surface area contributed by atoms with Crippen LogP contribution in [0.3, 0.4) is 0 Å². The molecule has 1 aliphatic heterocycles. The van der Waals surface area contributed by atoms with Crippen LogP contribution in [0.2, 0.25) is 0 Å². The monoisotopic (exact) mass is 267 g/mol. The number of carbonyl (C=O) groups excluding carboxylic acids is 2. The third-order valence-corrected chi connectivity index (χ3v) is 5.17. The maximum atomic E-state index is 12.2. The second-order valence-electron chi connectivity index (χ2n) is 6.11. The Balaban J connectivity index is 1.55. The fourth-order valence-corrected chi connectivity index (χ4v) is 4.33. The number of aliphatic hydroxyl groups excluding tert-OH is 1. The maximum Gasteiger partial charge on any atom is 0.305 e. The van der Waals surface area contributed by atoms with E-state index < -0.39 is 0 Å². The van der Waals surface area contributed by atoms with Crippen molar-refractivity contribution in [3.8, 4) is 0 Å². The minimum Gasteiger partial charge on any atom is -0.469 e. The van der Waals surface area contributed by atoms with E-state index in [0.717, 1.165) is 19.4 Å². The van der Waals surface area contributed by atoms with Crippen LogP contribution in [0, 0.1) is 17.8 Å². The molecule has 5 atom stereocenters. The number of esters is 1. The average Bonchev–Trinajstić information content (AvgIpc) is 2.99. The van der Waals surface area contributed by atoms with E-state index in [-0.39, 0.29) is 24.0 Å².